The molecule has 10 aromatic rings. The minimum absolute atomic E-state index is 0.0752. The summed E-state index contributed by atoms with van der Waals surface area (Å²) in [5, 5.41) is 0. The topological polar surface area (TPSA) is 26.3 Å². The van der Waals surface area contributed by atoms with Gasteiger partial charge in [0.25, 0.3) is 0 Å². The van der Waals surface area contributed by atoms with Gasteiger partial charge in [-0.3, -0.25) is 4.79 Å². The minimum atomic E-state index is 0.0752. The molecule has 0 aliphatic heterocycles. The van der Waals surface area contributed by atoms with Crippen molar-refractivity contribution >= 4 is 17.5 Å². The molecule has 0 amide bonds. The quantitative estimate of drug-likeness (QED) is 0.0901. The van der Waals surface area contributed by atoms with Crippen molar-refractivity contribution in [2.24, 2.45) is 0 Å². The number of benzene rings is 10. The van der Waals surface area contributed by atoms with Gasteiger partial charge in [-0.15, -0.1) is 0 Å². The molecule has 0 saturated carbocycles. The molecule has 0 aliphatic carbocycles. The highest BCUT2D eigenvalue weighted by Gasteiger charge is 2.08. The van der Waals surface area contributed by atoms with E-state index in [9.17, 15) is 4.79 Å². The Hall–Kier alpha value is -7.98. The van der Waals surface area contributed by atoms with Crippen molar-refractivity contribution in [3.8, 4) is 22.6 Å². The second-order valence-electron chi connectivity index (χ2n) is 17.5. The molecule has 0 heterocycles. The highest BCUT2D eigenvalue weighted by Crippen LogP contribution is 2.27. The summed E-state index contributed by atoms with van der Waals surface area (Å²) in [6.07, 6.45) is 5.54. The van der Waals surface area contributed by atoms with Crippen LogP contribution < -0.4 is 4.74 Å². The van der Waals surface area contributed by atoms with Gasteiger partial charge in [0.15, 0.2) is 5.78 Å². The van der Waals surface area contributed by atoms with Gasteiger partial charge in [0, 0.05) is 26.8 Å². The van der Waals surface area contributed by atoms with E-state index >= 15 is 0 Å². The molecule has 0 radical (unpaired) electrons. The van der Waals surface area contributed by atoms with Crippen LogP contribution in [0.3, 0.4) is 0 Å². The van der Waals surface area contributed by atoms with Gasteiger partial charge in [-0.1, -0.05) is 423 Å². The molecule has 0 bridgehead atoms. The minimum Gasteiger partial charge on any atom is -0.457 e. The lowest BCUT2D eigenvalue weighted by molar-refractivity contribution is 0.103. The van der Waals surface area contributed by atoms with E-state index in [4.69, 9.17) is 4.74 Å². The summed E-state index contributed by atoms with van der Waals surface area (Å²) in [6.45, 7) is 43.0. The molecule has 10 aromatic carbocycles. The van der Waals surface area contributed by atoms with Crippen molar-refractivity contribution in [1.29, 1.82) is 0 Å². The number of carbonyl (C=O) groups is 1. The van der Waals surface area contributed by atoms with E-state index < -0.39 is 0 Å². The third-order valence-corrected chi connectivity index (χ3v) is 12.5. The first-order valence-electron chi connectivity index (χ1n) is 33.8. The van der Waals surface area contributed by atoms with Gasteiger partial charge >= 0.3 is 0 Å². The van der Waals surface area contributed by atoms with Gasteiger partial charge in [-0.2, -0.15) is 0 Å². The van der Waals surface area contributed by atoms with Crippen molar-refractivity contribution in [2.75, 3.05) is 0 Å². The van der Waals surface area contributed by atoms with Crippen LogP contribution in [0.1, 0.15) is 201 Å². The fourth-order valence-electron chi connectivity index (χ4n) is 7.24. The Kier molecular flexibility index (Phi) is 65.8. The summed E-state index contributed by atoms with van der Waals surface area (Å²) in [6, 6.07) is 97.3. The van der Waals surface area contributed by atoms with E-state index in [2.05, 4.69) is 180 Å². The van der Waals surface area contributed by atoms with E-state index in [-0.39, 0.29) is 5.78 Å². The molecule has 90 heavy (non-hydrogen) atoms. The maximum absolute atomic E-state index is 11.8. The Bertz CT molecular complexity index is 2650. The van der Waals surface area contributed by atoms with Crippen LogP contribution in [0.15, 0.2) is 301 Å². The van der Waals surface area contributed by atoms with Gasteiger partial charge < -0.3 is 4.74 Å². The van der Waals surface area contributed by atoms with Crippen LogP contribution in [0.5, 0.6) is 11.5 Å². The second-order valence-corrected chi connectivity index (χ2v) is 18.6. The van der Waals surface area contributed by atoms with Crippen LogP contribution >= 0.6 is 11.8 Å². The van der Waals surface area contributed by atoms with E-state index in [0.29, 0.717) is 5.92 Å². The molecule has 486 valence electrons. The Labute approximate surface area is 557 Å². The Morgan fingerprint density at radius 2 is 0.533 bits per heavy atom. The van der Waals surface area contributed by atoms with E-state index in [1.165, 1.54) is 68.9 Å². The number of ketones is 1. The molecule has 0 atom stereocenters. The molecule has 0 aliphatic rings. The second kappa shape index (κ2) is 67.0. The molecule has 0 N–H and O–H groups in total. The van der Waals surface area contributed by atoms with Crippen molar-refractivity contribution in [1.82, 2.24) is 0 Å². The van der Waals surface area contributed by atoms with Crippen molar-refractivity contribution in [3.05, 3.63) is 325 Å². The summed E-state index contributed by atoms with van der Waals surface area (Å²) < 4.78 is 5.58. The Balaban J connectivity index is -0.000000476. The number of para-hydroxylation sites is 2. The van der Waals surface area contributed by atoms with Crippen molar-refractivity contribution < 1.29 is 9.53 Å². The first-order valence-corrected chi connectivity index (χ1v) is 34.6. The molecule has 0 fully saturated rings. The monoisotopic (exact) mass is 1230 g/mol. The SMILES string of the molecule is CC.CC.CC.CC.CC.CC.CC.CC.CCCCCC.Cc1ccc(C(C)c2ccc(C)cc2)cc1.O=C(c1ccccc1)c1ccccc1.c1ccc(-c2ccccc2)cc1.c1ccc(Oc2ccccc2)cc1.c1ccc(Sc2ccccc2)cc1. The normalized spacial score (nSPS) is 8.64. The van der Waals surface area contributed by atoms with E-state index in [1.54, 1.807) is 11.8 Å². The number of carbonyl (C=O) groups excluding carboxylic acids is 1. The number of hydrogen-bond donors (Lipinski definition) is 0. The van der Waals surface area contributed by atoms with Crippen LogP contribution in [-0.2, 0) is 0 Å². The van der Waals surface area contributed by atoms with E-state index in [0.717, 1.165) is 22.6 Å². The van der Waals surface area contributed by atoms with Gasteiger partial charge in [0.05, 0.1) is 0 Å². The highest BCUT2D eigenvalue weighted by atomic mass is 32.2. The lowest BCUT2D eigenvalue weighted by atomic mass is 9.92. The lowest BCUT2D eigenvalue weighted by Crippen LogP contribution is -1.99. The number of rotatable bonds is 12. The standard InChI is InChI=1S/C16H18.C13H10O.C12H10O.C12H10S.C12H10.C6H14.8C2H6/c1-12-4-8-15(9-5-12)14(3)16-10-6-13(2)7-11-16;14-13(11-7-3-1-4-8-11)12-9-5-2-6-10-12;2*1-3-7-11(8-4-1)13-12-9-5-2-6-10-12;1-3-7-11(8-4-1)12-9-5-2-6-10-12;1-3-5-6-4-2;8*1-2/h4-11,14H,1-3H3;1-10H;2*1-10H;1-10H;3-6H2,1-2H3;8*1-2H3. The van der Waals surface area contributed by atoms with Crippen LogP contribution in [-0.4, -0.2) is 5.78 Å². The average Bonchev–Trinajstić information content (AvgIpc) is 3.30. The zero-order valence-electron chi connectivity index (χ0n) is 59.8. The van der Waals surface area contributed by atoms with Crippen LogP contribution in [0.4, 0.5) is 0 Å². The van der Waals surface area contributed by atoms with Crippen LogP contribution in [0.25, 0.3) is 11.1 Å². The number of unbranched alkanes of at least 4 members (excludes halogenated alkanes) is 3. The van der Waals surface area contributed by atoms with E-state index in [1.807, 2.05) is 256 Å². The fourth-order valence-corrected chi connectivity index (χ4v) is 8.09. The number of ether oxygens (including phenoxy) is 1. The lowest BCUT2D eigenvalue weighted by Gasteiger charge is -2.12. The zero-order chi connectivity index (χ0) is 68.3. The Morgan fingerprint density at radius 1 is 0.311 bits per heavy atom. The largest absolute Gasteiger partial charge is 0.457 e. The molecular formula is C87H120O2S. The maximum atomic E-state index is 11.8. The van der Waals surface area contributed by atoms with Crippen molar-refractivity contribution in [3.63, 3.8) is 0 Å². The zero-order valence-corrected chi connectivity index (χ0v) is 60.7. The molecular weight excluding hydrogens is 1110 g/mol. The third-order valence-electron chi connectivity index (χ3n) is 11.5. The van der Waals surface area contributed by atoms with Gasteiger partial charge in [0.2, 0.25) is 0 Å². The molecule has 0 saturated heterocycles. The predicted molar refractivity (Wildman–Crippen MR) is 409 cm³/mol. The summed E-state index contributed by atoms with van der Waals surface area (Å²) in [4.78, 5) is 14.4. The van der Waals surface area contributed by atoms with Gasteiger partial charge in [0.1, 0.15) is 11.5 Å². The van der Waals surface area contributed by atoms with Crippen molar-refractivity contribution in [2.45, 2.75) is 187 Å². The predicted octanol–water partition coefficient (Wildman–Crippen LogP) is 28.8. The molecule has 0 aromatic heterocycles. The summed E-state index contributed by atoms with van der Waals surface area (Å²) in [7, 11) is 0. The number of hydrogen-bond acceptors (Lipinski definition) is 3. The first-order chi connectivity index (χ1) is 44.3. The average molecular weight is 1230 g/mol. The first kappa shape index (κ1) is 88.4. The third kappa shape index (κ3) is 43.6. The summed E-state index contributed by atoms with van der Waals surface area (Å²) >= 11 is 1.79. The van der Waals surface area contributed by atoms with Crippen LogP contribution in [0.2, 0.25) is 0 Å². The number of aryl methyl sites for hydroxylation is 2. The van der Waals surface area contributed by atoms with Gasteiger partial charge in [-0.25, -0.2) is 0 Å². The molecule has 0 unspecified atom stereocenters. The smallest absolute Gasteiger partial charge is 0.193 e. The molecule has 0 spiro atoms. The highest BCUT2D eigenvalue weighted by molar-refractivity contribution is 7.99. The molecule has 3 heteroatoms. The molecule has 2 nitrogen and oxygen atoms in total. The molecule has 10 rings (SSSR count). The van der Waals surface area contributed by atoms with Crippen LogP contribution in [0, 0.1) is 13.8 Å². The van der Waals surface area contributed by atoms with Gasteiger partial charge in [-0.05, 0) is 84.6 Å². The summed E-state index contributed by atoms with van der Waals surface area (Å²) in [5.41, 5.74) is 9.43. The maximum Gasteiger partial charge on any atom is 0.193 e. The Morgan fingerprint density at radius 3 is 0.778 bits per heavy atom. The summed E-state index contributed by atoms with van der Waals surface area (Å²) in [5.74, 6) is 2.29. The fraction of sp³-hybridized carbons (Fsp3) is 0.299.